The maximum atomic E-state index is 12.7. The Bertz CT molecular complexity index is 682. The number of amides is 1. The average Bonchev–Trinajstić information content (AvgIpc) is 3.05. The van der Waals surface area contributed by atoms with E-state index in [4.69, 9.17) is 0 Å². The van der Waals surface area contributed by atoms with Crippen molar-refractivity contribution in [1.82, 2.24) is 17.8 Å². The molecule has 1 atom stereocenters. The first kappa shape index (κ1) is 20.6. The molecule has 2 aliphatic rings. The van der Waals surface area contributed by atoms with E-state index in [2.05, 4.69) is 0 Å². The van der Waals surface area contributed by atoms with Gasteiger partial charge in [-0.05, 0) is 12.8 Å². The average molecular weight is 397 g/mol. The van der Waals surface area contributed by atoms with Crippen molar-refractivity contribution in [3.63, 3.8) is 0 Å². The lowest BCUT2D eigenvalue weighted by atomic mass is 10.2. The lowest BCUT2D eigenvalue weighted by molar-refractivity contribution is -0.135. The van der Waals surface area contributed by atoms with E-state index in [1.54, 1.807) is 18.7 Å². The maximum Gasteiger partial charge on any atom is 0.282 e. The van der Waals surface area contributed by atoms with Crippen LogP contribution in [0.3, 0.4) is 0 Å². The third kappa shape index (κ3) is 4.33. The van der Waals surface area contributed by atoms with Gasteiger partial charge in [0.2, 0.25) is 15.9 Å². The molecule has 0 aromatic heterocycles. The summed E-state index contributed by atoms with van der Waals surface area (Å²) in [5, 5.41) is 0. The molecule has 0 aliphatic carbocycles. The van der Waals surface area contributed by atoms with Crippen molar-refractivity contribution in [3.8, 4) is 0 Å². The van der Waals surface area contributed by atoms with Gasteiger partial charge in [0.15, 0.2) is 0 Å². The van der Waals surface area contributed by atoms with Gasteiger partial charge in [0.05, 0.1) is 6.26 Å². The predicted octanol–water partition coefficient (Wildman–Crippen LogP) is -0.859. The van der Waals surface area contributed by atoms with E-state index in [0.717, 1.165) is 6.26 Å². The summed E-state index contributed by atoms with van der Waals surface area (Å²) in [4.78, 5) is 14.3. The molecule has 0 N–H and O–H groups in total. The molecule has 1 unspecified atom stereocenters. The third-order valence-corrected chi connectivity index (χ3v) is 8.30. The minimum Gasteiger partial charge on any atom is -0.339 e. The normalized spacial score (nSPS) is 24.2. The van der Waals surface area contributed by atoms with Gasteiger partial charge in [0, 0.05) is 45.8 Å². The maximum absolute atomic E-state index is 12.7. The minimum atomic E-state index is -3.50. The summed E-state index contributed by atoms with van der Waals surface area (Å²) >= 11 is 0. The minimum absolute atomic E-state index is 0.220. The van der Waals surface area contributed by atoms with Crippen LogP contribution in [-0.2, 0) is 25.0 Å². The highest BCUT2D eigenvalue weighted by Crippen LogP contribution is 2.23. The summed E-state index contributed by atoms with van der Waals surface area (Å²) in [7, 11) is -6.92. The van der Waals surface area contributed by atoms with Crippen molar-refractivity contribution < 1.29 is 21.6 Å². The van der Waals surface area contributed by atoms with Crippen LogP contribution in [-0.4, -0.2) is 98.7 Å². The molecule has 25 heavy (non-hydrogen) atoms. The lowest BCUT2D eigenvalue weighted by Gasteiger charge is -2.38. The zero-order valence-corrected chi connectivity index (χ0v) is 16.7. The Hall–Kier alpha value is -0.750. The Kier molecular flexibility index (Phi) is 6.47. The molecule has 1 amide bonds. The summed E-state index contributed by atoms with van der Waals surface area (Å²) in [6, 6.07) is -0.652. The smallest absolute Gasteiger partial charge is 0.282 e. The first-order chi connectivity index (χ1) is 11.6. The zero-order chi connectivity index (χ0) is 18.8. The highest BCUT2D eigenvalue weighted by atomic mass is 32.2. The van der Waals surface area contributed by atoms with E-state index in [9.17, 15) is 21.6 Å². The van der Waals surface area contributed by atoms with Crippen LogP contribution in [0.5, 0.6) is 0 Å². The zero-order valence-electron chi connectivity index (χ0n) is 15.1. The number of piperazine rings is 1. The Morgan fingerprint density at radius 1 is 1.00 bits per heavy atom. The Balaban J connectivity index is 2.01. The van der Waals surface area contributed by atoms with Gasteiger partial charge in [-0.2, -0.15) is 21.3 Å². The molecule has 0 aromatic rings. The van der Waals surface area contributed by atoms with Crippen LogP contribution in [0.2, 0.25) is 0 Å². The topological polar surface area (TPSA) is 98.3 Å². The van der Waals surface area contributed by atoms with Crippen molar-refractivity contribution in [3.05, 3.63) is 0 Å². The van der Waals surface area contributed by atoms with Gasteiger partial charge in [-0.15, -0.1) is 0 Å². The van der Waals surface area contributed by atoms with Gasteiger partial charge in [-0.3, -0.25) is 4.79 Å². The second-order valence-corrected chi connectivity index (χ2v) is 10.2. The molecule has 0 saturated carbocycles. The fraction of sp³-hybridized carbons (Fsp3) is 0.929. The highest BCUT2D eigenvalue weighted by Gasteiger charge is 2.40. The SMILES string of the molecule is CCN(CC)S(=O)(=O)N1CCN(C(=O)C2CCCN2S(C)(=O)=O)CC1. The number of rotatable bonds is 6. The van der Waals surface area contributed by atoms with Crippen molar-refractivity contribution in [2.75, 3.05) is 52.1 Å². The number of hydrogen-bond acceptors (Lipinski definition) is 5. The number of sulfonamides is 1. The molecule has 0 aromatic carbocycles. The van der Waals surface area contributed by atoms with Crippen molar-refractivity contribution in [1.29, 1.82) is 0 Å². The van der Waals surface area contributed by atoms with Gasteiger partial charge < -0.3 is 4.90 Å². The second kappa shape index (κ2) is 7.87. The number of nitrogens with zero attached hydrogens (tertiary/aromatic N) is 4. The van der Waals surface area contributed by atoms with Gasteiger partial charge in [-0.1, -0.05) is 13.8 Å². The number of hydrogen-bond donors (Lipinski definition) is 0. The molecule has 146 valence electrons. The molecule has 2 saturated heterocycles. The third-order valence-electron chi connectivity index (χ3n) is 4.82. The molecular formula is C14H28N4O5S2. The fourth-order valence-corrected chi connectivity index (χ4v) is 6.17. The van der Waals surface area contributed by atoms with Gasteiger partial charge in [0.1, 0.15) is 6.04 Å². The standard InChI is InChI=1S/C14H28N4O5S2/c1-4-16(5-2)25(22,23)17-11-9-15(10-12-17)14(19)13-7-6-8-18(13)24(3,20)21/h13H,4-12H2,1-3H3. The summed E-state index contributed by atoms with van der Waals surface area (Å²) in [6.07, 6.45) is 2.30. The predicted molar refractivity (Wildman–Crippen MR) is 94.6 cm³/mol. The summed E-state index contributed by atoms with van der Waals surface area (Å²) in [5.74, 6) is -0.220. The fourth-order valence-electron chi connectivity index (χ4n) is 3.45. The Morgan fingerprint density at radius 2 is 1.56 bits per heavy atom. The number of carbonyl (C=O) groups excluding carboxylic acids is 1. The molecule has 2 fully saturated rings. The van der Waals surface area contributed by atoms with E-state index < -0.39 is 26.3 Å². The van der Waals surface area contributed by atoms with E-state index in [1.807, 2.05) is 0 Å². The molecular weight excluding hydrogens is 368 g/mol. The van der Waals surface area contributed by atoms with Crippen LogP contribution >= 0.6 is 0 Å². The highest BCUT2D eigenvalue weighted by molar-refractivity contribution is 7.88. The van der Waals surface area contributed by atoms with Crippen LogP contribution in [0, 0.1) is 0 Å². The first-order valence-electron chi connectivity index (χ1n) is 8.63. The van der Waals surface area contributed by atoms with Crippen molar-refractivity contribution in [2.24, 2.45) is 0 Å². The largest absolute Gasteiger partial charge is 0.339 e. The monoisotopic (exact) mass is 396 g/mol. The van der Waals surface area contributed by atoms with Crippen molar-refractivity contribution >= 4 is 26.1 Å². The lowest BCUT2D eigenvalue weighted by Crippen LogP contribution is -2.57. The van der Waals surface area contributed by atoms with E-state index in [1.165, 1.54) is 12.9 Å². The quantitative estimate of drug-likeness (QED) is 0.582. The molecule has 9 nitrogen and oxygen atoms in total. The Labute approximate surface area is 150 Å². The molecule has 0 spiro atoms. The summed E-state index contributed by atoms with van der Waals surface area (Å²) < 4.78 is 52.7. The van der Waals surface area contributed by atoms with E-state index in [-0.39, 0.29) is 32.1 Å². The van der Waals surface area contributed by atoms with E-state index >= 15 is 0 Å². The molecule has 2 aliphatic heterocycles. The van der Waals surface area contributed by atoms with Crippen LogP contribution in [0.4, 0.5) is 0 Å². The molecule has 0 radical (unpaired) electrons. The van der Waals surface area contributed by atoms with Gasteiger partial charge in [0.25, 0.3) is 10.2 Å². The number of carbonyl (C=O) groups is 1. The van der Waals surface area contributed by atoms with Gasteiger partial charge >= 0.3 is 0 Å². The second-order valence-electron chi connectivity index (χ2n) is 6.35. The van der Waals surface area contributed by atoms with Gasteiger partial charge in [-0.25, -0.2) is 8.42 Å². The molecule has 11 heteroatoms. The van der Waals surface area contributed by atoms with Crippen LogP contribution < -0.4 is 0 Å². The van der Waals surface area contributed by atoms with Crippen LogP contribution in [0.1, 0.15) is 26.7 Å². The van der Waals surface area contributed by atoms with E-state index in [0.29, 0.717) is 32.5 Å². The van der Waals surface area contributed by atoms with Crippen LogP contribution in [0.15, 0.2) is 0 Å². The summed E-state index contributed by atoms with van der Waals surface area (Å²) in [6.45, 7) is 5.80. The van der Waals surface area contributed by atoms with Crippen molar-refractivity contribution in [2.45, 2.75) is 32.7 Å². The molecule has 0 bridgehead atoms. The summed E-state index contributed by atoms with van der Waals surface area (Å²) in [5.41, 5.74) is 0. The first-order valence-corrected chi connectivity index (χ1v) is 11.9. The van der Waals surface area contributed by atoms with Crippen LogP contribution in [0.25, 0.3) is 0 Å². The Morgan fingerprint density at radius 3 is 2.04 bits per heavy atom. The molecule has 2 heterocycles. The molecule has 2 rings (SSSR count).